The molecule has 0 aromatic heterocycles. The van der Waals surface area contributed by atoms with Crippen LogP contribution >= 0.6 is 0 Å². The standard InChI is InChI=1S/C21H16FNO/c1-13-10-15(22)11-14(21(13)24)12-23-20-18-8-4-2-6-16(18)17-7-3-5-9-19(17)20/h2-12,20,24H,1H3. The monoisotopic (exact) mass is 317 g/mol. The van der Waals surface area contributed by atoms with Gasteiger partial charge in [-0.1, -0.05) is 48.5 Å². The molecular formula is C21H16FNO. The molecule has 24 heavy (non-hydrogen) atoms. The molecule has 3 heteroatoms. The summed E-state index contributed by atoms with van der Waals surface area (Å²) in [6.45, 7) is 1.68. The number of aryl methyl sites for hydroxylation is 1. The Labute approximate surface area is 139 Å². The van der Waals surface area contributed by atoms with Gasteiger partial charge in [0.25, 0.3) is 0 Å². The van der Waals surface area contributed by atoms with Gasteiger partial charge in [0.2, 0.25) is 0 Å². The molecule has 0 saturated heterocycles. The Morgan fingerprint density at radius 3 is 2.17 bits per heavy atom. The maximum Gasteiger partial charge on any atom is 0.127 e. The van der Waals surface area contributed by atoms with E-state index in [-0.39, 0.29) is 17.6 Å². The molecule has 3 aromatic rings. The number of phenols is 1. The second kappa shape index (κ2) is 5.60. The van der Waals surface area contributed by atoms with Gasteiger partial charge in [0.05, 0.1) is 0 Å². The quantitative estimate of drug-likeness (QED) is 0.661. The molecule has 0 bridgehead atoms. The highest BCUT2D eigenvalue weighted by molar-refractivity contribution is 5.86. The minimum Gasteiger partial charge on any atom is -0.507 e. The minimum atomic E-state index is -0.376. The number of rotatable bonds is 2. The summed E-state index contributed by atoms with van der Waals surface area (Å²) in [5.41, 5.74) is 5.51. The highest BCUT2D eigenvalue weighted by Gasteiger charge is 2.27. The van der Waals surface area contributed by atoms with Crippen LogP contribution in [0.3, 0.4) is 0 Å². The topological polar surface area (TPSA) is 32.6 Å². The van der Waals surface area contributed by atoms with Crippen LogP contribution in [0.25, 0.3) is 11.1 Å². The molecule has 3 aromatic carbocycles. The number of fused-ring (bicyclic) bond motifs is 3. The van der Waals surface area contributed by atoms with Gasteiger partial charge < -0.3 is 5.11 Å². The zero-order valence-electron chi connectivity index (χ0n) is 13.2. The van der Waals surface area contributed by atoms with E-state index >= 15 is 0 Å². The molecule has 0 aliphatic heterocycles. The lowest BCUT2D eigenvalue weighted by Gasteiger charge is -2.09. The Morgan fingerprint density at radius 2 is 1.54 bits per heavy atom. The second-order valence-corrected chi connectivity index (χ2v) is 6.02. The molecule has 1 N–H and O–H groups in total. The highest BCUT2D eigenvalue weighted by Crippen LogP contribution is 2.45. The Bertz CT molecular complexity index is 916. The Hall–Kier alpha value is -2.94. The van der Waals surface area contributed by atoms with E-state index in [1.807, 2.05) is 24.3 Å². The number of hydrogen-bond acceptors (Lipinski definition) is 2. The maximum atomic E-state index is 13.6. The summed E-state index contributed by atoms with van der Waals surface area (Å²) in [7, 11) is 0. The Balaban J connectivity index is 1.81. The largest absolute Gasteiger partial charge is 0.507 e. The van der Waals surface area contributed by atoms with E-state index in [1.165, 1.54) is 23.3 Å². The summed E-state index contributed by atoms with van der Waals surface area (Å²) >= 11 is 0. The van der Waals surface area contributed by atoms with Crippen LogP contribution in [0, 0.1) is 12.7 Å². The lowest BCUT2D eigenvalue weighted by Crippen LogP contribution is -1.95. The van der Waals surface area contributed by atoms with Crippen molar-refractivity contribution in [1.29, 1.82) is 0 Å². The molecule has 2 nitrogen and oxygen atoms in total. The zero-order chi connectivity index (χ0) is 16.7. The van der Waals surface area contributed by atoms with E-state index in [0.29, 0.717) is 11.1 Å². The van der Waals surface area contributed by atoms with Crippen LogP contribution < -0.4 is 0 Å². The minimum absolute atomic E-state index is 0.0692. The van der Waals surface area contributed by atoms with E-state index in [0.717, 1.165) is 11.1 Å². The first-order chi connectivity index (χ1) is 11.6. The predicted octanol–water partition coefficient (Wildman–Crippen LogP) is 5.03. The van der Waals surface area contributed by atoms with Gasteiger partial charge in [-0.15, -0.1) is 0 Å². The molecule has 1 aliphatic rings. The predicted molar refractivity (Wildman–Crippen MR) is 94.1 cm³/mol. The van der Waals surface area contributed by atoms with Crippen LogP contribution in [0.1, 0.15) is 28.3 Å². The summed E-state index contributed by atoms with van der Waals surface area (Å²) < 4.78 is 13.6. The summed E-state index contributed by atoms with van der Waals surface area (Å²) in [5.74, 6) is -0.307. The van der Waals surface area contributed by atoms with Crippen molar-refractivity contribution in [2.75, 3.05) is 0 Å². The molecule has 0 unspecified atom stereocenters. The number of aromatic hydroxyl groups is 1. The summed E-state index contributed by atoms with van der Waals surface area (Å²) in [4.78, 5) is 4.67. The van der Waals surface area contributed by atoms with Gasteiger partial charge in [0, 0.05) is 11.8 Å². The smallest absolute Gasteiger partial charge is 0.127 e. The van der Waals surface area contributed by atoms with Crippen LogP contribution in [-0.4, -0.2) is 11.3 Å². The summed E-state index contributed by atoms with van der Waals surface area (Å²) in [6.07, 6.45) is 1.56. The normalized spacial score (nSPS) is 13.2. The van der Waals surface area contributed by atoms with Gasteiger partial charge in [-0.05, 0) is 46.9 Å². The number of halogens is 1. The van der Waals surface area contributed by atoms with Crippen LogP contribution in [0.15, 0.2) is 65.7 Å². The van der Waals surface area contributed by atoms with Crippen molar-refractivity contribution in [1.82, 2.24) is 0 Å². The number of benzene rings is 3. The average Bonchev–Trinajstić information content (AvgIpc) is 2.91. The molecule has 0 amide bonds. The van der Waals surface area contributed by atoms with Gasteiger partial charge in [0.1, 0.15) is 17.6 Å². The van der Waals surface area contributed by atoms with Crippen molar-refractivity contribution in [3.8, 4) is 16.9 Å². The number of nitrogens with zero attached hydrogens (tertiary/aromatic N) is 1. The first kappa shape index (κ1) is 14.6. The maximum absolute atomic E-state index is 13.6. The third-order valence-electron chi connectivity index (χ3n) is 4.46. The van der Waals surface area contributed by atoms with Crippen molar-refractivity contribution in [2.45, 2.75) is 13.0 Å². The van der Waals surface area contributed by atoms with Crippen LogP contribution in [0.4, 0.5) is 4.39 Å². The molecule has 118 valence electrons. The van der Waals surface area contributed by atoms with Gasteiger partial charge in [-0.2, -0.15) is 0 Å². The lowest BCUT2D eigenvalue weighted by atomic mass is 10.1. The van der Waals surface area contributed by atoms with E-state index in [2.05, 4.69) is 29.3 Å². The SMILES string of the molecule is Cc1cc(F)cc(C=NC2c3ccccc3-c3ccccc32)c1O. The lowest BCUT2D eigenvalue weighted by molar-refractivity contribution is 0.467. The van der Waals surface area contributed by atoms with Gasteiger partial charge >= 0.3 is 0 Å². The highest BCUT2D eigenvalue weighted by atomic mass is 19.1. The summed E-state index contributed by atoms with van der Waals surface area (Å²) in [6, 6.07) is 18.8. The number of aliphatic imine (C=N–C) groups is 1. The molecule has 0 heterocycles. The third kappa shape index (κ3) is 2.29. The second-order valence-electron chi connectivity index (χ2n) is 6.02. The average molecular weight is 317 g/mol. The van der Waals surface area contributed by atoms with Gasteiger partial charge in [-0.25, -0.2) is 4.39 Å². The van der Waals surface area contributed by atoms with E-state index in [9.17, 15) is 9.50 Å². The molecule has 0 radical (unpaired) electrons. The van der Waals surface area contributed by atoms with Gasteiger partial charge in [0.15, 0.2) is 0 Å². The van der Waals surface area contributed by atoms with Crippen LogP contribution in [0.2, 0.25) is 0 Å². The number of hydrogen-bond donors (Lipinski definition) is 1. The molecule has 0 spiro atoms. The molecule has 4 rings (SSSR count). The Morgan fingerprint density at radius 1 is 0.958 bits per heavy atom. The van der Waals surface area contributed by atoms with E-state index in [1.54, 1.807) is 13.1 Å². The fourth-order valence-electron chi connectivity index (χ4n) is 3.30. The fourth-order valence-corrected chi connectivity index (χ4v) is 3.30. The molecule has 0 atom stereocenters. The zero-order valence-corrected chi connectivity index (χ0v) is 13.2. The van der Waals surface area contributed by atoms with E-state index < -0.39 is 0 Å². The molecule has 0 fully saturated rings. The Kier molecular flexibility index (Phi) is 3.42. The van der Waals surface area contributed by atoms with Crippen molar-refractivity contribution in [3.05, 3.63) is 88.7 Å². The molecular weight excluding hydrogens is 301 g/mol. The van der Waals surface area contributed by atoms with Gasteiger partial charge in [-0.3, -0.25) is 4.99 Å². The number of phenolic OH excluding ortho intramolecular Hbond substituents is 1. The van der Waals surface area contributed by atoms with Crippen LogP contribution in [-0.2, 0) is 0 Å². The summed E-state index contributed by atoms with van der Waals surface area (Å²) in [5, 5.41) is 10.1. The van der Waals surface area contributed by atoms with Crippen LogP contribution in [0.5, 0.6) is 5.75 Å². The van der Waals surface area contributed by atoms with Crippen molar-refractivity contribution in [2.24, 2.45) is 4.99 Å². The first-order valence-corrected chi connectivity index (χ1v) is 7.85. The van der Waals surface area contributed by atoms with Crippen molar-refractivity contribution >= 4 is 6.21 Å². The third-order valence-corrected chi connectivity index (χ3v) is 4.46. The molecule has 0 saturated carbocycles. The molecule has 1 aliphatic carbocycles. The van der Waals surface area contributed by atoms with Crippen molar-refractivity contribution < 1.29 is 9.50 Å². The first-order valence-electron chi connectivity index (χ1n) is 7.85. The van der Waals surface area contributed by atoms with Crippen molar-refractivity contribution in [3.63, 3.8) is 0 Å². The fraction of sp³-hybridized carbons (Fsp3) is 0.0952. The van der Waals surface area contributed by atoms with E-state index in [4.69, 9.17) is 0 Å².